The summed E-state index contributed by atoms with van der Waals surface area (Å²) in [5.41, 5.74) is 3.00. The fraction of sp³-hybridized carbons (Fsp3) is 0.600. The molecule has 0 bridgehead atoms. The first kappa shape index (κ1) is 12.8. The molecule has 0 aliphatic carbocycles. The zero-order valence-electron chi connectivity index (χ0n) is 10.5. The number of hydrogen-bond donors (Lipinski definition) is 0. The van der Waals surface area contributed by atoms with Crippen LogP contribution in [0.25, 0.3) is 0 Å². The van der Waals surface area contributed by atoms with Crippen molar-refractivity contribution < 1.29 is 0 Å². The molecule has 0 unspecified atom stereocenters. The Hall–Kier alpha value is -0.690. The third kappa shape index (κ3) is 3.64. The number of halogens is 1. The number of anilines is 1. The van der Waals surface area contributed by atoms with Gasteiger partial charge in [-0.25, -0.2) is 0 Å². The Bertz CT molecular complexity index is 337. The lowest BCUT2D eigenvalue weighted by Crippen LogP contribution is -2.30. The van der Waals surface area contributed by atoms with Gasteiger partial charge >= 0.3 is 0 Å². The van der Waals surface area contributed by atoms with Crippen molar-refractivity contribution in [1.29, 1.82) is 0 Å². The maximum Gasteiger partial charge on any atom is 0.0398 e. The molecule has 0 radical (unpaired) electrons. The van der Waals surface area contributed by atoms with Crippen LogP contribution < -0.4 is 4.90 Å². The van der Waals surface area contributed by atoms with E-state index < -0.39 is 0 Å². The van der Waals surface area contributed by atoms with Crippen molar-refractivity contribution in [2.75, 3.05) is 23.9 Å². The number of hydrogen-bond acceptors (Lipinski definition) is 1. The zero-order chi connectivity index (χ0) is 11.9. The van der Waals surface area contributed by atoms with Gasteiger partial charge in [-0.05, 0) is 37.3 Å². The molecule has 1 aliphatic rings. The Kier molecular flexibility index (Phi) is 5.18. The average molecular weight is 252 g/mol. The van der Waals surface area contributed by atoms with Gasteiger partial charge in [-0.15, -0.1) is 11.6 Å². The SMILES string of the molecule is ClCCCCCCN1CCCc2ccccc21. The van der Waals surface area contributed by atoms with Crippen LogP contribution in [0.4, 0.5) is 5.69 Å². The first-order valence-corrected chi connectivity index (χ1v) is 7.34. The minimum Gasteiger partial charge on any atom is -0.371 e. The Labute approximate surface area is 110 Å². The third-order valence-electron chi connectivity index (χ3n) is 3.52. The van der Waals surface area contributed by atoms with Gasteiger partial charge in [0.05, 0.1) is 0 Å². The highest BCUT2D eigenvalue weighted by Gasteiger charge is 2.14. The van der Waals surface area contributed by atoms with Gasteiger partial charge < -0.3 is 4.90 Å². The maximum absolute atomic E-state index is 5.69. The van der Waals surface area contributed by atoms with Crippen molar-refractivity contribution in [3.05, 3.63) is 29.8 Å². The molecule has 0 atom stereocenters. The lowest BCUT2D eigenvalue weighted by molar-refractivity contribution is 0.620. The lowest BCUT2D eigenvalue weighted by Gasteiger charge is -2.31. The monoisotopic (exact) mass is 251 g/mol. The molecule has 94 valence electrons. The van der Waals surface area contributed by atoms with Crippen LogP contribution in [0.1, 0.15) is 37.7 Å². The van der Waals surface area contributed by atoms with Gasteiger partial charge in [0.15, 0.2) is 0 Å². The molecule has 0 spiro atoms. The molecular weight excluding hydrogens is 230 g/mol. The highest BCUT2D eigenvalue weighted by atomic mass is 35.5. The summed E-state index contributed by atoms with van der Waals surface area (Å²) in [6.45, 7) is 2.44. The van der Waals surface area contributed by atoms with Crippen molar-refractivity contribution in [2.45, 2.75) is 38.5 Å². The molecule has 1 heterocycles. The van der Waals surface area contributed by atoms with Crippen molar-refractivity contribution in [1.82, 2.24) is 0 Å². The number of unbranched alkanes of at least 4 members (excludes halogenated alkanes) is 3. The minimum atomic E-state index is 0.812. The van der Waals surface area contributed by atoms with E-state index in [2.05, 4.69) is 29.2 Å². The van der Waals surface area contributed by atoms with Crippen molar-refractivity contribution in [3.63, 3.8) is 0 Å². The van der Waals surface area contributed by atoms with Crippen LogP contribution >= 0.6 is 11.6 Å². The number of para-hydroxylation sites is 1. The maximum atomic E-state index is 5.69. The molecule has 17 heavy (non-hydrogen) atoms. The van der Waals surface area contributed by atoms with Crippen LogP contribution in [0.5, 0.6) is 0 Å². The fourth-order valence-electron chi connectivity index (χ4n) is 2.59. The predicted octanol–water partition coefficient (Wildman–Crippen LogP) is 4.24. The summed E-state index contributed by atoms with van der Waals surface area (Å²) in [5.74, 6) is 0.812. The molecule has 0 saturated carbocycles. The smallest absolute Gasteiger partial charge is 0.0398 e. The molecule has 1 nitrogen and oxygen atoms in total. The van der Waals surface area contributed by atoms with Crippen molar-refractivity contribution in [2.24, 2.45) is 0 Å². The summed E-state index contributed by atoms with van der Waals surface area (Å²) in [6, 6.07) is 8.86. The van der Waals surface area contributed by atoms with E-state index in [1.54, 1.807) is 0 Å². The molecular formula is C15H22ClN. The highest BCUT2D eigenvalue weighted by Crippen LogP contribution is 2.26. The van der Waals surface area contributed by atoms with Crippen LogP contribution in [-0.2, 0) is 6.42 Å². The Morgan fingerprint density at radius 2 is 1.88 bits per heavy atom. The van der Waals surface area contributed by atoms with Gasteiger partial charge in [-0.3, -0.25) is 0 Å². The lowest BCUT2D eigenvalue weighted by atomic mass is 10.0. The van der Waals surface area contributed by atoms with Gasteiger partial charge in [-0.2, -0.15) is 0 Å². The summed E-state index contributed by atoms with van der Waals surface area (Å²) < 4.78 is 0. The number of alkyl halides is 1. The second-order valence-corrected chi connectivity index (χ2v) is 5.20. The average Bonchev–Trinajstić information content (AvgIpc) is 2.39. The third-order valence-corrected chi connectivity index (χ3v) is 3.79. The van der Waals surface area contributed by atoms with E-state index >= 15 is 0 Å². The second-order valence-electron chi connectivity index (χ2n) is 4.82. The number of nitrogens with zero attached hydrogens (tertiary/aromatic N) is 1. The summed E-state index contributed by atoms with van der Waals surface area (Å²) in [6.07, 6.45) is 7.60. The summed E-state index contributed by atoms with van der Waals surface area (Å²) in [5, 5.41) is 0. The van der Waals surface area contributed by atoms with Crippen molar-refractivity contribution in [3.8, 4) is 0 Å². The van der Waals surface area contributed by atoms with E-state index in [9.17, 15) is 0 Å². The standard InChI is InChI=1S/C15H22ClN/c16-11-5-1-2-6-12-17-13-7-9-14-8-3-4-10-15(14)17/h3-4,8,10H,1-2,5-7,9,11-13H2. The van der Waals surface area contributed by atoms with E-state index in [4.69, 9.17) is 11.6 Å². The van der Waals surface area contributed by atoms with Gasteiger partial charge in [0, 0.05) is 24.7 Å². The molecule has 0 fully saturated rings. The Balaban J connectivity index is 1.82. The molecule has 0 amide bonds. The van der Waals surface area contributed by atoms with Gasteiger partial charge in [0.2, 0.25) is 0 Å². The summed E-state index contributed by atoms with van der Waals surface area (Å²) >= 11 is 5.69. The molecule has 1 aromatic rings. The fourth-order valence-corrected chi connectivity index (χ4v) is 2.78. The molecule has 1 aliphatic heterocycles. The minimum absolute atomic E-state index is 0.812. The second kappa shape index (κ2) is 6.90. The topological polar surface area (TPSA) is 3.24 Å². The number of fused-ring (bicyclic) bond motifs is 1. The zero-order valence-corrected chi connectivity index (χ0v) is 11.3. The van der Waals surface area contributed by atoms with E-state index in [0.717, 1.165) is 12.3 Å². The quantitative estimate of drug-likeness (QED) is 0.540. The molecule has 2 rings (SSSR count). The predicted molar refractivity (Wildman–Crippen MR) is 76.2 cm³/mol. The van der Waals surface area contributed by atoms with E-state index in [1.165, 1.54) is 56.4 Å². The van der Waals surface area contributed by atoms with Crippen LogP contribution in [0.2, 0.25) is 0 Å². The molecule has 1 aromatic carbocycles. The Morgan fingerprint density at radius 1 is 1.06 bits per heavy atom. The van der Waals surface area contributed by atoms with E-state index in [1.807, 2.05) is 0 Å². The first-order chi connectivity index (χ1) is 8.42. The van der Waals surface area contributed by atoms with Gasteiger partial charge in [0.25, 0.3) is 0 Å². The number of rotatable bonds is 6. The van der Waals surface area contributed by atoms with Crippen LogP contribution in [0.3, 0.4) is 0 Å². The van der Waals surface area contributed by atoms with Gasteiger partial charge in [-0.1, -0.05) is 31.0 Å². The molecule has 0 aromatic heterocycles. The van der Waals surface area contributed by atoms with E-state index in [-0.39, 0.29) is 0 Å². The first-order valence-electron chi connectivity index (χ1n) is 6.80. The van der Waals surface area contributed by atoms with Gasteiger partial charge in [0.1, 0.15) is 0 Å². The molecule has 2 heteroatoms. The number of aryl methyl sites for hydroxylation is 1. The normalized spacial score (nSPS) is 14.8. The van der Waals surface area contributed by atoms with Crippen LogP contribution in [0, 0.1) is 0 Å². The Morgan fingerprint density at radius 3 is 2.76 bits per heavy atom. The van der Waals surface area contributed by atoms with Crippen LogP contribution in [-0.4, -0.2) is 19.0 Å². The molecule has 0 N–H and O–H groups in total. The largest absolute Gasteiger partial charge is 0.371 e. The highest BCUT2D eigenvalue weighted by molar-refractivity contribution is 6.17. The molecule has 0 saturated heterocycles. The van der Waals surface area contributed by atoms with E-state index in [0.29, 0.717) is 0 Å². The van der Waals surface area contributed by atoms with Crippen molar-refractivity contribution >= 4 is 17.3 Å². The summed E-state index contributed by atoms with van der Waals surface area (Å²) in [7, 11) is 0. The number of benzene rings is 1. The summed E-state index contributed by atoms with van der Waals surface area (Å²) in [4.78, 5) is 2.56. The van der Waals surface area contributed by atoms with Crippen LogP contribution in [0.15, 0.2) is 24.3 Å².